The normalized spacial score (nSPS) is 11.7. The molecule has 0 fully saturated rings. The predicted molar refractivity (Wildman–Crippen MR) is 107 cm³/mol. The van der Waals surface area contributed by atoms with Crippen LogP contribution in [0.3, 0.4) is 0 Å². The predicted octanol–water partition coefficient (Wildman–Crippen LogP) is 5.27. The fourth-order valence-corrected chi connectivity index (χ4v) is 2.98. The lowest BCUT2D eigenvalue weighted by Gasteiger charge is -2.22. The average molecular weight is 342 g/mol. The van der Waals surface area contributed by atoms with Crippen molar-refractivity contribution in [3.8, 4) is 22.5 Å². The SMILES string of the molecule is CC(C)(C)Nc1c(-c2ccccc2)nc2cnc(-c3ccccc3)cn12. The summed E-state index contributed by atoms with van der Waals surface area (Å²) in [4.78, 5) is 9.45. The molecule has 2 aromatic heterocycles. The molecule has 0 aliphatic rings. The van der Waals surface area contributed by atoms with E-state index in [0.29, 0.717) is 0 Å². The van der Waals surface area contributed by atoms with E-state index in [4.69, 9.17) is 4.98 Å². The van der Waals surface area contributed by atoms with E-state index >= 15 is 0 Å². The quantitative estimate of drug-likeness (QED) is 0.551. The van der Waals surface area contributed by atoms with Crippen LogP contribution in [-0.2, 0) is 0 Å². The molecule has 0 spiro atoms. The van der Waals surface area contributed by atoms with Crippen molar-refractivity contribution in [3.63, 3.8) is 0 Å². The van der Waals surface area contributed by atoms with Crippen molar-refractivity contribution in [2.24, 2.45) is 0 Å². The Balaban J connectivity index is 1.93. The van der Waals surface area contributed by atoms with E-state index < -0.39 is 0 Å². The van der Waals surface area contributed by atoms with Gasteiger partial charge in [-0.3, -0.25) is 9.38 Å². The summed E-state index contributed by atoms with van der Waals surface area (Å²) < 4.78 is 2.10. The molecule has 2 heterocycles. The van der Waals surface area contributed by atoms with E-state index in [2.05, 4.69) is 65.9 Å². The summed E-state index contributed by atoms with van der Waals surface area (Å²) >= 11 is 0. The molecule has 4 heteroatoms. The van der Waals surface area contributed by atoms with Crippen LogP contribution in [-0.4, -0.2) is 19.9 Å². The number of aromatic nitrogens is 3. The minimum Gasteiger partial charge on any atom is -0.365 e. The van der Waals surface area contributed by atoms with Crippen LogP contribution in [0.15, 0.2) is 73.1 Å². The number of anilines is 1. The van der Waals surface area contributed by atoms with Crippen LogP contribution >= 0.6 is 0 Å². The van der Waals surface area contributed by atoms with Crippen LogP contribution in [0.4, 0.5) is 5.82 Å². The highest BCUT2D eigenvalue weighted by molar-refractivity contribution is 5.77. The maximum absolute atomic E-state index is 4.84. The highest BCUT2D eigenvalue weighted by Crippen LogP contribution is 2.31. The van der Waals surface area contributed by atoms with Gasteiger partial charge in [0.2, 0.25) is 0 Å². The molecule has 0 atom stereocenters. The van der Waals surface area contributed by atoms with E-state index in [1.165, 1.54) is 0 Å². The van der Waals surface area contributed by atoms with E-state index in [-0.39, 0.29) is 5.54 Å². The Morgan fingerprint density at radius 3 is 2.08 bits per heavy atom. The van der Waals surface area contributed by atoms with Gasteiger partial charge in [-0.2, -0.15) is 0 Å². The van der Waals surface area contributed by atoms with E-state index in [0.717, 1.165) is 34.0 Å². The number of benzene rings is 2. The lowest BCUT2D eigenvalue weighted by atomic mass is 10.1. The number of fused-ring (bicyclic) bond motifs is 1. The van der Waals surface area contributed by atoms with Gasteiger partial charge in [0.1, 0.15) is 11.5 Å². The number of hydrogen-bond acceptors (Lipinski definition) is 3. The molecule has 2 aromatic carbocycles. The van der Waals surface area contributed by atoms with Gasteiger partial charge in [-0.1, -0.05) is 60.7 Å². The van der Waals surface area contributed by atoms with Gasteiger partial charge in [-0.25, -0.2) is 4.98 Å². The van der Waals surface area contributed by atoms with Crippen molar-refractivity contribution >= 4 is 11.5 Å². The molecule has 0 saturated heterocycles. The second kappa shape index (κ2) is 6.30. The first kappa shape index (κ1) is 16.3. The van der Waals surface area contributed by atoms with Gasteiger partial charge < -0.3 is 5.32 Å². The molecule has 0 bridgehead atoms. The molecule has 0 radical (unpaired) electrons. The summed E-state index contributed by atoms with van der Waals surface area (Å²) in [7, 11) is 0. The number of hydrogen-bond donors (Lipinski definition) is 1. The lowest BCUT2D eigenvalue weighted by Crippen LogP contribution is -2.27. The Hall–Kier alpha value is -3.14. The summed E-state index contributed by atoms with van der Waals surface area (Å²) in [5.41, 5.74) is 4.78. The van der Waals surface area contributed by atoms with Crippen LogP contribution in [0.2, 0.25) is 0 Å². The van der Waals surface area contributed by atoms with Crippen LogP contribution in [0.25, 0.3) is 28.2 Å². The van der Waals surface area contributed by atoms with Gasteiger partial charge >= 0.3 is 0 Å². The summed E-state index contributed by atoms with van der Waals surface area (Å²) in [6, 6.07) is 20.5. The molecule has 0 unspecified atom stereocenters. The molecule has 130 valence electrons. The maximum Gasteiger partial charge on any atom is 0.157 e. The average Bonchev–Trinajstić information content (AvgIpc) is 2.99. The van der Waals surface area contributed by atoms with Crippen molar-refractivity contribution in [2.75, 3.05) is 5.32 Å². The molecular weight excluding hydrogens is 320 g/mol. The lowest BCUT2D eigenvalue weighted by molar-refractivity contribution is 0.629. The second-order valence-corrected chi connectivity index (χ2v) is 7.42. The highest BCUT2D eigenvalue weighted by atomic mass is 15.2. The van der Waals surface area contributed by atoms with E-state index in [1.54, 1.807) is 0 Å². The Kier molecular flexibility index (Phi) is 3.96. The number of rotatable bonds is 3. The van der Waals surface area contributed by atoms with Crippen molar-refractivity contribution in [1.82, 2.24) is 14.4 Å². The van der Waals surface area contributed by atoms with Crippen molar-refractivity contribution in [3.05, 3.63) is 73.1 Å². The molecule has 4 nitrogen and oxygen atoms in total. The zero-order chi connectivity index (χ0) is 18.1. The summed E-state index contributed by atoms with van der Waals surface area (Å²) in [6.45, 7) is 6.46. The number of imidazole rings is 1. The highest BCUT2D eigenvalue weighted by Gasteiger charge is 2.19. The Morgan fingerprint density at radius 1 is 0.846 bits per heavy atom. The minimum absolute atomic E-state index is 0.0876. The smallest absolute Gasteiger partial charge is 0.157 e. The molecule has 0 amide bonds. The summed E-state index contributed by atoms with van der Waals surface area (Å²) in [5.74, 6) is 0.985. The Labute approximate surface area is 153 Å². The first-order valence-corrected chi connectivity index (χ1v) is 8.78. The van der Waals surface area contributed by atoms with Crippen molar-refractivity contribution in [1.29, 1.82) is 0 Å². The second-order valence-electron chi connectivity index (χ2n) is 7.42. The fourth-order valence-electron chi connectivity index (χ4n) is 2.98. The molecule has 26 heavy (non-hydrogen) atoms. The number of nitrogens with one attached hydrogen (secondary N) is 1. The van der Waals surface area contributed by atoms with E-state index in [1.807, 2.05) is 42.6 Å². The summed E-state index contributed by atoms with van der Waals surface area (Å²) in [5, 5.41) is 3.62. The third kappa shape index (κ3) is 3.18. The van der Waals surface area contributed by atoms with Gasteiger partial charge in [-0.15, -0.1) is 0 Å². The standard InChI is InChI=1S/C22H22N4/c1-22(2,3)25-21-20(17-12-8-5-9-13-17)24-19-14-23-18(15-26(19)21)16-10-6-4-7-11-16/h4-15,25H,1-3H3. The third-order valence-electron chi connectivity index (χ3n) is 4.12. The zero-order valence-electron chi connectivity index (χ0n) is 15.3. The molecular formula is C22H22N4. The third-order valence-corrected chi connectivity index (χ3v) is 4.12. The Bertz CT molecular complexity index is 1030. The van der Waals surface area contributed by atoms with Gasteiger partial charge in [0, 0.05) is 22.9 Å². The van der Waals surface area contributed by atoms with Crippen LogP contribution < -0.4 is 5.32 Å². The van der Waals surface area contributed by atoms with Gasteiger partial charge in [-0.05, 0) is 20.8 Å². The van der Waals surface area contributed by atoms with Gasteiger partial charge in [0.05, 0.1) is 11.9 Å². The topological polar surface area (TPSA) is 42.2 Å². The molecule has 4 rings (SSSR count). The molecule has 4 aromatic rings. The van der Waals surface area contributed by atoms with Gasteiger partial charge in [0.15, 0.2) is 5.65 Å². The zero-order valence-corrected chi connectivity index (χ0v) is 15.3. The van der Waals surface area contributed by atoms with E-state index in [9.17, 15) is 0 Å². The van der Waals surface area contributed by atoms with Crippen LogP contribution in [0.1, 0.15) is 20.8 Å². The summed E-state index contributed by atoms with van der Waals surface area (Å²) in [6.07, 6.45) is 3.89. The molecule has 1 N–H and O–H groups in total. The molecule has 0 saturated carbocycles. The van der Waals surface area contributed by atoms with Crippen molar-refractivity contribution in [2.45, 2.75) is 26.3 Å². The van der Waals surface area contributed by atoms with Crippen LogP contribution in [0.5, 0.6) is 0 Å². The first-order valence-electron chi connectivity index (χ1n) is 8.78. The van der Waals surface area contributed by atoms with Crippen LogP contribution in [0, 0.1) is 0 Å². The number of nitrogens with zero attached hydrogens (tertiary/aromatic N) is 3. The monoisotopic (exact) mass is 342 g/mol. The largest absolute Gasteiger partial charge is 0.365 e. The van der Waals surface area contributed by atoms with Gasteiger partial charge in [0.25, 0.3) is 0 Å². The molecule has 0 aliphatic heterocycles. The maximum atomic E-state index is 4.84. The fraction of sp³-hybridized carbons (Fsp3) is 0.182. The van der Waals surface area contributed by atoms with Crippen molar-refractivity contribution < 1.29 is 0 Å². The molecule has 0 aliphatic carbocycles. The Morgan fingerprint density at radius 2 is 1.46 bits per heavy atom. The minimum atomic E-state index is -0.0876. The first-order chi connectivity index (χ1) is 12.5.